The molecule has 2 aliphatic heterocycles. The standard InChI is InChI=1S/C15H20N4O2S/c1-11(13-3-2-10-22-13)18-6-8-19(9-7-18)15(21)12-4-5-14(20)17-16-12/h2-3,10-11H,4-9H2,1H3,(H,17,20). The monoisotopic (exact) mass is 320 g/mol. The lowest BCUT2D eigenvalue weighted by atomic mass is 10.1. The molecule has 1 N–H and O–H groups in total. The Bertz CT molecular complexity index is 576. The van der Waals surface area contributed by atoms with Crippen molar-refractivity contribution in [1.82, 2.24) is 15.2 Å². The zero-order valence-corrected chi connectivity index (χ0v) is 13.4. The topological polar surface area (TPSA) is 65.0 Å². The molecule has 1 aromatic heterocycles. The third kappa shape index (κ3) is 3.20. The van der Waals surface area contributed by atoms with E-state index in [4.69, 9.17) is 0 Å². The van der Waals surface area contributed by atoms with Crippen LogP contribution in [0, 0.1) is 0 Å². The molecule has 7 heteroatoms. The Morgan fingerprint density at radius 1 is 1.32 bits per heavy atom. The largest absolute Gasteiger partial charge is 0.335 e. The highest BCUT2D eigenvalue weighted by Crippen LogP contribution is 2.25. The van der Waals surface area contributed by atoms with Crippen molar-refractivity contribution in [3.8, 4) is 0 Å². The van der Waals surface area contributed by atoms with Crippen molar-refractivity contribution in [2.75, 3.05) is 26.2 Å². The summed E-state index contributed by atoms with van der Waals surface area (Å²) in [6.07, 6.45) is 0.788. The number of nitrogens with one attached hydrogen (secondary N) is 1. The number of carbonyl (C=O) groups excluding carboxylic acids is 2. The predicted octanol–water partition coefficient (Wildman–Crippen LogP) is 1.22. The van der Waals surface area contributed by atoms with Crippen molar-refractivity contribution in [3.63, 3.8) is 0 Å². The lowest BCUT2D eigenvalue weighted by Gasteiger charge is -2.38. The Hall–Kier alpha value is -1.73. The van der Waals surface area contributed by atoms with Gasteiger partial charge >= 0.3 is 0 Å². The first-order valence-electron chi connectivity index (χ1n) is 7.57. The van der Waals surface area contributed by atoms with Gasteiger partial charge in [-0.25, -0.2) is 5.43 Å². The van der Waals surface area contributed by atoms with Gasteiger partial charge in [0.25, 0.3) is 5.91 Å². The average Bonchev–Trinajstić information content (AvgIpc) is 3.09. The maximum Gasteiger partial charge on any atom is 0.270 e. The van der Waals surface area contributed by atoms with Crippen LogP contribution in [0.5, 0.6) is 0 Å². The molecule has 3 heterocycles. The molecule has 1 saturated heterocycles. The number of rotatable bonds is 3. The van der Waals surface area contributed by atoms with Crippen molar-refractivity contribution in [2.45, 2.75) is 25.8 Å². The third-order valence-electron chi connectivity index (χ3n) is 4.26. The van der Waals surface area contributed by atoms with Gasteiger partial charge in [0, 0.05) is 49.9 Å². The summed E-state index contributed by atoms with van der Waals surface area (Å²) in [5.41, 5.74) is 2.86. The summed E-state index contributed by atoms with van der Waals surface area (Å²) in [4.78, 5) is 29.1. The molecule has 118 valence electrons. The first kappa shape index (κ1) is 15.2. The molecular formula is C15H20N4O2S. The molecule has 1 fully saturated rings. The zero-order chi connectivity index (χ0) is 15.5. The van der Waals surface area contributed by atoms with Gasteiger partial charge in [-0.1, -0.05) is 6.07 Å². The second-order valence-corrected chi connectivity index (χ2v) is 6.59. The molecule has 1 atom stereocenters. The number of hydrazone groups is 1. The van der Waals surface area contributed by atoms with Crippen LogP contribution in [0.4, 0.5) is 0 Å². The first-order chi connectivity index (χ1) is 10.6. The number of hydrogen-bond acceptors (Lipinski definition) is 5. The average molecular weight is 320 g/mol. The number of carbonyl (C=O) groups is 2. The van der Waals surface area contributed by atoms with Crippen molar-refractivity contribution in [2.24, 2.45) is 5.10 Å². The minimum Gasteiger partial charge on any atom is -0.335 e. The number of piperazine rings is 1. The Labute approximate surface area is 133 Å². The summed E-state index contributed by atoms with van der Waals surface area (Å²) in [6.45, 7) is 5.36. The minimum atomic E-state index is -0.119. The Morgan fingerprint density at radius 3 is 2.68 bits per heavy atom. The molecule has 0 spiro atoms. The van der Waals surface area contributed by atoms with E-state index >= 15 is 0 Å². The quantitative estimate of drug-likeness (QED) is 0.911. The maximum absolute atomic E-state index is 12.4. The summed E-state index contributed by atoms with van der Waals surface area (Å²) >= 11 is 1.77. The summed E-state index contributed by atoms with van der Waals surface area (Å²) in [5.74, 6) is -0.158. The van der Waals surface area contributed by atoms with Gasteiger partial charge in [0.05, 0.1) is 0 Å². The second-order valence-electron chi connectivity index (χ2n) is 5.61. The summed E-state index contributed by atoms with van der Waals surface area (Å²) in [5, 5.41) is 5.99. The van der Waals surface area contributed by atoms with Crippen LogP contribution >= 0.6 is 11.3 Å². The second kappa shape index (κ2) is 6.58. The zero-order valence-electron chi connectivity index (χ0n) is 12.6. The van der Waals surface area contributed by atoms with Crippen LogP contribution in [0.2, 0.25) is 0 Å². The smallest absolute Gasteiger partial charge is 0.270 e. The van der Waals surface area contributed by atoms with Crippen molar-refractivity contribution in [1.29, 1.82) is 0 Å². The molecule has 2 amide bonds. The number of hydrogen-bond donors (Lipinski definition) is 1. The van der Waals surface area contributed by atoms with Gasteiger partial charge in [-0.05, 0) is 18.4 Å². The van der Waals surface area contributed by atoms with E-state index in [9.17, 15) is 9.59 Å². The summed E-state index contributed by atoms with van der Waals surface area (Å²) in [7, 11) is 0. The molecule has 1 aromatic rings. The highest BCUT2D eigenvalue weighted by Gasteiger charge is 2.28. The van der Waals surface area contributed by atoms with Crippen molar-refractivity contribution >= 4 is 28.9 Å². The van der Waals surface area contributed by atoms with Gasteiger partial charge in [-0.2, -0.15) is 5.10 Å². The molecule has 0 saturated carbocycles. The van der Waals surface area contributed by atoms with E-state index in [1.807, 2.05) is 4.90 Å². The Kier molecular flexibility index (Phi) is 4.54. The Morgan fingerprint density at radius 2 is 2.09 bits per heavy atom. The highest BCUT2D eigenvalue weighted by atomic mass is 32.1. The van der Waals surface area contributed by atoms with Crippen LogP contribution in [0.25, 0.3) is 0 Å². The van der Waals surface area contributed by atoms with E-state index in [-0.39, 0.29) is 11.8 Å². The number of amides is 2. The molecule has 2 aliphatic rings. The third-order valence-corrected chi connectivity index (χ3v) is 5.30. The van der Waals surface area contributed by atoms with Gasteiger partial charge in [0.15, 0.2) is 0 Å². The minimum absolute atomic E-state index is 0.0385. The molecule has 0 aliphatic carbocycles. The molecule has 3 rings (SSSR count). The summed E-state index contributed by atoms with van der Waals surface area (Å²) in [6, 6.07) is 4.63. The predicted molar refractivity (Wildman–Crippen MR) is 85.7 cm³/mol. The molecule has 0 aromatic carbocycles. The lowest BCUT2D eigenvalue weighted by molar-refractivity contribution is -0.126. The lowest BCUT2D eigenvalue weighted by Crippen LogP contribution is -2.51. The molecule has 6 nitrogen and oxygen atoms in total. The van der Waals surface area contributed by atoms with E-state index < -0.39 is 0 Å². The van der Waals surface area contributed by atoms with E-state index in [2.05, 4.69) is 39.9 Å². The summed E-state index contributed by atoms with van der Waals surface area (Å²) < 4.78 is 0. The van der Waals surface area contributed by atoms with Gasteiger partial charge in [-0.3, -0.25) is 14.5 Å². The van der Waals surface area contributed by atoms with Crippen molar-refractivity contribution < 1.29 is 9.59 Å². The number of thiophene rings is 1. The fourth-order valence-corrected chi connectivity index (χ4v) is 3.65. The van der Waals surface area contributed by atoms with E-state index in [0.29, 0.717) is 37.7 Å². The molecule has 0 radical (unpaired) electrons. The van der Waals surface area contributed by atoms with Crippen LogP contribution in [0.3, 0.4) is 0 Å². The van der Waals surface area contributed by atoms with Crippen LogP contribution < -0.4 is 5.43 Å². The van der Waals surface area contributed by atoms with Crippen molar-refractivity contribution in [3.05, 3.63) is 22.4 Å². The fraction of sp³-hybridized carbons (Fsp3) is 0.533. The van der Waals surface area contributed by atoms with Gasteiger partial charge < -0.3 is 4.90 Å². The molecule has 0 bridgehead atoms. The van der Waals surface area contributed by atoms with E-state index in [1.54, 1.807) is 11.3 Å². The molecule has 1 unspecified atom stereocenters. The molecular weight excluding hydrogens is 300 g/mol. The van der Waals surface area contributed by atoms with Crippen LogP contribution in [-0.4, -0.2) is 53.5 Å². The van der Waals surface area contributed by atoms with Crippen LogP contribution in [-0.2, 0) is 9.59 Å². The highest BCUT2D eigenvalue weighted by molar-refractivity contribution is 7.10. The van der Waals surface area contributed by atoms with Gasteiger partial charge in [0.2, 0.25) is 5.91 Å². The van der Waals surface area contributed by atoms with Gasteiger partial charge in [0.1, 0.15) is 5.71 Å². The SMILES string of the molecule is CC(c1cccs1)N1CCN(C(=O)C2=NNC(=O)CC2)CC1. The Balaban J connectivity index is 1.55. The van der Waals surface area contributed by atoms with Crippen LogP contribution in [0.15, 0.2) is 22.6 Å². The van der Waals surface area contributed by atoms with Crippen LogP contribution in [0.1, 0.15) is 30.7 Å². The maximum atomic E-state index is 12.4. The number of nitrogens with zero attached hydrogens (tertiary/aromatic N) is 3. The van der Waals surface area contributed by atoms with E-state index in [0.717, 1.165) is 13.1 Å². The van der Waals surface area contributed by atoms with Gasteiger partial charge in [-0.15, -0.1) is 11.3 Å². The molecule has 22 heavy (non-hydrogen) atoms. The fourth-order valence-electron chi connectivity index (χ4n) is 2.83. The normalized spacial score (nSPS) is 21.2. The van der Waals surface area contributed by atoms with E-state index in [1.165, 1.54) is 4.88 Å². The first-order valence-corrected chi connectivity index (χ1v) is 8.45.